The number of fused-ring (bicyclic) bond motifs is 2. The first kappa shape index (κ1) is 29.8. The van der Waals surface area contributed by atoms with Gasteiger partial charge in [-0.05, 0) is 53.9 Å². The number of rotatable bonds is 3. The lowest BCUT2D eigenvalue weighted by atomic mass is 10.1. The summed E-state index contributed by atoms with van der Waals surface area (Å²) in [6.07, 6.45) is 3.28. The Bertz CT molecular complexity index is 1600. The van der Waals surface area contributed by atoms with Crippen molar-refractivity contribution in [3.63, 3.8) is 0 Å². The van der Waals surface area contributed by atoms with Crippen LogP contribution in [0.2, 0.25) is 10.6 Å². The lowest BCUT2D eigenvalue weighted by Crippen LogP contribution is -2.15. The Kier molecular flexibility index (Phi) is 9.93. The van der Waals surface area contributed by atoms with Crippen molar-refractivity contribution in [3.05, 3.63) is 98.3 Å². The van der Waals surface area contributed by atoms with Gasteiger partial charge in [0, 0.05) is 43.5 Å². The number of hydrogen-bond donors (Lipinski definition) is 0. The zero-order valence-corrected chi connectivity index (χ0v) is 22.9. The van der Waals surface area contributed by atoms with Crippen LogP contribution in [0.25, 0.3) is 0 Å². The Hall–Kier alpha value is -4.77. The molecule has 2 aromatic heterocycles. The first-order chi connectivity index (χ1) is 19.1. The topological polar surface area (TPSA) is 152 Å². The Morgan fingerprint density at radius 3 is 2.27 bits per heavy atom. The van der Waals surface area contributed by atoms with Crippen LogP contribution in [0.15, 0.2) is 60.9 Å². The van der Waals surface area contributed by atoms with E-state index in [2.05, 4.69) is 19.9 Å². The van der Waals surface area contributed by atoms with Gasteiger partial charge in [0.25, 0.3) is 0 Å². The molecular weight excluding hydrogens is 561 g/mol. The number of hydrogen-bond acceptors (Lipinski definition) is 11. The number of ketones is 1. The molecule has 0 radical (unpaired) electrons. The first-order valence-electron chi connectivity index (χ1n) is 11.4. The molecule has 2 aromatic carbocycles. The number of carbonyl (C=O) groups excluding carboxylic acids is 3. The molecule has 0 spiro atoms. The van der Waals surface area contributed by atoms with E-state index in [4.69, 9.17) is 32.8 Å². The molecule has 1 aliphatic heterocycles. The van der Waals surface area contributed by atoms with E-state index in [-0.39, 0.29) is 34.0 Å². The van der Waals surface area contributed by atoms with Crippen LogP contribution < -0.4 is 9.80 Å². The molecule has 0 atom stereocenters. The van der Waals surface area contributed by atoms with E-state index in [0.29, 0.717) is 17.8 Å². The maximum absolute atomic E-state index is 12.2. The summed E-state index contributed by atoms with van der Waals surface area (Å²) in [5, 5.41) is 11.2. The molecule has 0 bridgehead atoms. The minimum absolute atomic E-state index is 0.0268. The minimum Gasteiger partial charge on any atom is -0.328 e. The van der Waals surface area contributed by atoms with Crippen LogP contribution in [0.3, 0.4) is 0 Å². The number of benzene rings is 2. The van der Waals surface area contributed by atoms with Gasteiger partial charge in [0.1, 0.15) is 12.0 Å². The summed E-state index contributed by atoms with van der Waals surface area (Å²) in [7, 11) is 3.58. The second-order valence-electron chi connectivity index (χ2n) is 8.20. The molecule has 5 rings (SSSR count). The van der Waals surface area contributed by atoms with Crippen molar-refractivity contribution in [2.24, 2.45) is 0 Å². The summed E-state index contributed by atoms with van der Waals surface area (Å²) < 4.78 is 0. The monoisotopic (exact) mass is 581 g/mol. The average molecular weight is 582 g/mol. The number of para-hydroxylation sites is 2. The van der Waals surface area contributed by atoms with Crippen LogP contribution in [0.1, 0.15) is 21.5 Å². The van der Waals surface area contributed by atoms with E-state index in [9.17, 15) is 14.9 Å². The average Bonchev–Trinajstić information content (AvgIpc) is 3.03. The molecule has 0 amide bonds. The van der Waals surface area contributed by atoms with E-state index in [0.717, 1.165) is 28.7 Å². The number of carbonyl (C=O) groups is 1. The molecule has 0 N–H and O–H groups in total. The van der Waals surface area contributed by atoms with Gasteiger partial charge < -0.3 is 9.80 Å². The molecular formula is C26H21Cl2N7O5. The Morgan fingerprint density at radius 1 is 1.00 bits per heavy atom. The zero-order chi connectivity index (χ0) is 29.4. The molecule has 0 saturated heterocycles. The minimum atomic E-state index is -0.527. The fourth-order valence-electron chi connectivity index (χ4n) is 3.95. The summed E-state index contributed by atoms with van der Waals surface area (Å²) in [6.45, 7) is 1.92. The molecule has 40 heavy (non-hydrogen) atoms. The molecule has 1 aliphatic rings. The maximum Gasteiger partial charge on any atom is 0.373 e. The van der Waals surface area contributed by atoms with Crippen molar-refractivity contribution >= 4 is 63.8 Å². The van der Waals surface area contributed by atoms with Crippen molar-refractivity contribution in [1.82, 2.24) is 19.9 Å². The second-order valence-corrected chi connectivity index (χ2v) is 8.87. The number of nitrogens with zero attached hydrogens (tertiary/aromatic N) is 7. The fraction of sp³-hybridized carbons (Fsp3) is 0.154. The van der Waals surface area contributed by atoms with Crippen molar-refractivity contribution in [3.8, 4) is 0 Å². The zero-order valence-electron chi connectivity index (χ0n) is 21.4. The molecule has 204 valence electrons. The first-order valence-corrected chi connectivity index (χ1v) is 12.2. The van der Waals surface area contributed by atoms with Gasteiger partial charge in [-0.2, -0.15) is 19.6 Å². The van der Waals surface area contributed by atoms with Crippen LogP contribution in [0.4, 0.5) is 28.7 Å². The summed E-state index contributed by atoms with van der Waals surface area (Å²) in [5.41, 5.74) is 3.96. The van der Waals surface area contributed by atoms with Gasteiger partial charge >= 0.3 is 11.8 Å². The normalized spacial score (nSPS) is 11.3. The van der Waals surface area contributed by atoms with Gasteiger partial charge in [-0.3, -0.25) is 14.9 Å². The van der Waals surface area contributed by atoms with Crippen LogP contribution >= 0.6 is 23.2 Å². The van der Waals surface area contributed by atoms with Gasteiger partial charge in [-0.15, -0.1) is 0 Å². The Balaban J connectivity index is 0.000000201. The molecule has 12 nitrogen and oxygen atoms in total. The summed E-state index contributed by atoms with van der Waals surface area (Å²) in [6, 6.07) is 15.0. The third kappa shape index (κ3) is 6.80. The van der Waals surface area contributed by atoms with Crippen molar-refractivity contribution in [1.29, 1.82) is 0 Å². The van der Waals surface area contributed by atoms with E-state index in [1.807, 2.05) is 67.4 Å². The highest BCUT2D eigenvalue weighted by atomic mass is 35.5. The molecule has 3 heterocycles. The number of aromatic nitrogens is 4. The predicted molar refractivity (Wildman–Crippen MR) is 148 cm³/mol. The predicted octanol–water partition coefficient (Wildman–Crippen LogP) is 5.17. The molecule has 0 aliphatic carbocycles. The standard InChI is InChI=1S/C13H10ClN3O.C12H11ClN4O2.CO2/c1-17-10-5-3-2-4-9(10)11(18)6-8-7-15-13(14)16-12(8)17;1-8-5-3-4-6-9(8)16(2)11-10(17(18)19)7-14-12(13)15-11;2-1-3/h2-5,7H,6H2,1H3;3-7H,1-2H3;. The van der Waals surface area contributed by atoms with Gasteiger partial charge in [-0.25, -0.2) is 9.97 Å². The third-order valence-electron chi connectivity index (χ3n) is 5.76. The fourth-order valence-corrected chi connectivity index (χ4v) is 4.21. The van der Waals surface area contributed by atoms with Crippen molar-refractivity contribution in [2.75, 3.05) is 23.9 Å². The van der Waals surface area contributed by atoms with Crippen molar-refractivity contribution in [2.45, 2.75) is 13.3 Å². The maximum atomic E-state index is 12.2. The molecule has 14 heteroatoms. The second kappa shape index (κ2) is 13.3. The lowest BCUT2D eigenvalue weighted by molar-refractivity contribution is -0.384. The summed E-state index contributed by atoms with van der Waals surface area (Å²) >= 11 is 11.5. The van der Waals surface area contributed by atoms with E-state index in [1.165, 1.54) is 0 Å². The molecule has 0 fully saturated rings. The quantitative estimate of drug-likeness (QED) is 0.179. The highest BCUT2D eigenvalue weighted by molar-refractivity contribution is 6.28. The highest BCUT2D eigenvalue weighted by Crippen LogP contribution is 2.34. The summed E-state index contributed by atoms with van der Waals surface area (Å²) in [5.74, 6) is 0.926. The van der Waals surface area contributed by atoms with Crippen LogP contribution in [-0.2, 0) is 16.0 Å². The Morgan fingerprint density at radius 2 is 1.60 bits per heavy atom. The van der Waals surface area contributed by atoms with E-state index < -0.39 is 4.92 Å². The molecule has 4 aromatic rings. The summed E-state index contributed by atoms with van der Waals surface area (Å²) in [4.78, 5) is 58.2. The van der Waals surface area contributed by atoms with Gasteiger partial charge in [0.05, 0.1) is 10.6 Å². The van der Waals surface area contributed by atoms with E-state index >= 15 is 0 Å². The van der Waals surface area contributed by atoms with Crippen LogP contribution in [-0.4, -0.2) is 50.9 Å². The van der Waals surface area contributed by atoms with Gasteiger partial charge in [-0.1, -0.05) is 30.3 Å². The lowest BCUT2D eigenvalue weighted by Gasteiger charge is -2.19. The molecule has 0 saturated carbocycles. The van der Waals surface area contributed by atoms with Gasteiger partial charge in [0.15, 0.2) is 5.78 Å². The number of anilines is 4. The number of aryl methyl sites for hydroxylation is 1. The smallest absolute Gasteiger partial charge is 0.328 e. The van der Waals surface area contributed by atoms with Crippen LogP contribution in [0.5, 0.6) is 0 Å². The number of Topliss-reactive ketones (excluding diaryl/α,β-unsaturated/α-hetero) is 1. The van der Waals surface area contributed by atoms with Gasteiger partial charge in [0.2, 0.25) is 16.4 Å². The van der Waals surface area contributed by atoms with E-state index in [1.54, 1.807) is 18.1 Å². The third-order valence-corrected chi connectivity index (χ3v) is 6.12. The highest BCUT2D eigenvalue weighted by Gasteiger charge is 2.24. The SMILES string of the molecule is CN1c2ccccc2C(=O)Cc2cnc(Cl)nc21.Cc1ccccc1N(C)c1nc(Cl)ncc1[N+](=O)[O-].O=C=O. The molecule has 0 unspecified atom stereocenters. The number of nitro groups is 1. The van der Waals surface area contributed by atoms with Crippen molar-refractivity contribution < 1.29 is 19.3 Å². The largest absolute Gasteiger partial charge is 0.373 e. The number of halogens is 2. The Labute approximate surface area is 238 Å². The van der Waals surface area contributed by atoms with Crippen LogP contribution in [0, 0.1) is 17.0 Å².